The van der Waals surface area contributed by atoms with Gasteiger partial charge in [-0.05, 0) is 29.8 Å². The van der Waals surface area contributed by atoms with Crippen molar-refractivity contribution in [1.29, 1.82) is 0 Å². The average Bonchev–Trinajstić information content (AvgIpc) is 2.86. The fourth-order valence-corrected chi connectivity index (χ4v) is 2.58. The minimum Gasteiger partial charge on any atom is -0.497 e. The lowest BCUT2D eigenvalue weighted by Gasteiger charge is -2.13. The molecule has 1 N–H and O–H groups in total. The van der Waals surface area contributed by atoms with Gasteiger partial charge in [-0.15, -0.1) is 0 Å². The molecule has 1 aliphatic heterocycles. The van der Waals surface area contributed by atoms with E-state index >= 15 is 0 Å². The predicted molar refractivity (Wildman–Crippen MR) is 86.6 cm³/mol. The number of rotatable bonds is 5. The van der Waals surface area contributed by atoms with E-state index in [0.717, 1.165) is 16.5 Å². The third kappa shape index (κ3) is 3.21. The zero-order valence-electron chi connectivity index (χ0n) is 13.4. The lowest BCUT2D eigenvalue weighted by molar-refractivity contribution is -0.121. The van der Waals surface area contributed by atoms with Crippen LogP contribution < -0.4 is 10.1 Å². The topological polar surface area (TPSA) is 75.7 Å². The number of methoxy groups -OCH3 is 1. The molecule has 0 atom stereocenters. The van der Waals surface area contributed by atoms with Crippen LogP contribution in [0.5, 0.6) is 5.75 Å². The van der Waals surface area contributed by atoms with Gasteiger partial charge in [-0.3, -0.25) is 19.3 Å². The van der Waals surface area contributed by atoms with Crippen LogP contribution >= 0.6 is 0 Å². The molecule has 0 bridgehead atoms. The SMILES string of the molecule is COc1ccc(CNC(=O)CN2C(=O)c3cccc(F)c3C2=O)cc1. The molecule has 0 fully saturated rings. The zero-order valence-corrected chi connectivity index (χ0v) is 13.4. The number of hydrogen-bond donors (Lipinski definition) is 1. The molecule has 3 amide bonds. The molecule has 2 aromatic carbocycles. The first kappa shape index (κ1) is 16.6. The Labute approximate surface area is 143 Å². The van der Waals surface area contributed by atoms with Crippen molar-refractivity contribution in [2.45, 2.75) is 6.54 Å². The summed E-state index contributed by atoms with van der Waals surface area (Å²) in [6.07, 6.45) is 0. The molecular weight excluding hydrogens is 327 g/mol. The fourth-order valence-electron chi connectivity index (χ4n) is 2.58. The van der Waals surface area contributed by atoms with Crippen LogP contribution in [0, 0.1) is 5.82 Å². The zero-order chi connectivity index (χ0) is 18.0. The molecule has 0 saturated heterocycles. The molecule has 0 unspecified atom stereocenters. The van der Waals surface area contributed by atoms with Crippen LogP contribution in [0.3, 0.4) is 0 Å². The number of carbonyl (C=O) groups excluding carboxylic acids is 3. The van der Waals surface area contributed by atoms with Gasteiger partial charge < -0.3 is 10.1 Å². The molecular formula is C18H15FN2O4. The van der Waals surface area contributed by atoms with E-state index in [1.807, 2.05) is 0 Å². The number of nitrogens with one attached hydrogen (secondary N) is 1. The van der Waals surface area contributed by atoms with Crippen molar-refractivity contribution >= 4 is 17.7 Å². The quantitative estimate of drug-likeness (QED) is 0.840. The third-order valence-corrected chi connectivity index (χ3v) is 3.90. The Kier molecular flexibility index (Phi) is 4.47. The second-order valence-corrected chi connectivity index (χ2v) is 5.48. The molecule has 0 radical (unpaired) electrons. The molecule has 2 aromatic rings. The van der Waals surface area contributed by atoms with Crippen LogP contribution in [0.4, 0.5) is 4.39 Å². The molecule has 0 spiro atoms. The van der Waals surface area contributed by atoms with E-state index in [1.54, 1.807) is 31.4 Å². The van der Waals surface area contributed by atoms with Crippen molar-refractivity contribution in [3.05, 3.63) is 65.0 Å². The van der Waals surface area contributed by atoms with Gasteiger partial charge in [0.1, 0.15) is 18.1 Å². The Balaban J connectivity index is 1.63. The van der Waals surface area contributed by atoms with Gasteiger partial charge in [-0.25, -0.2) is 4.39 Å². The minimum atomic E-state index is -0.794. The van der Waals surface area contributed by atoms with Gasteiger partial charge in [0.05, 0.1) is 18.2 Å². The Morgan fingerprint density at radius 2 is 1.84 bits per heavy atom. The summed E-state index contributed by atoms with van der Waals surface area (Å²) in [6, 6.07) is 10.9. The van der Waals surface area contributed by atoms with Crippen LogP contribution in [0.1, 0.15) is 26.3 Å². The first-order chi connectivity index (χ1) is 12.0. The maximum atomic E-state index is 13.7. The molecule has 0 saturated carbocycles. The number of ether oxygens (including phenoxy) is 1. The minimum absolute atomic E-state index is 0.0204. The van der Waals surface area contributed by atoms with Crippen molar-refractivity contribution in [3.8, 4) is 5.75 Å². The normalized spacial score (nSPS) is 13.0. The molecule has 0 aliphatic carbocycles. The average molecular weight is 342 g/mol. The summed E-state index contributed by atoms with van der Waals surface area (Å²) in [6.45, 7) is -0.220. The van der Waals surface area contributed by atoms with Gasteiger partial charge in [0.2, 0.25) is 5.91 Å². The van der Waals surface area contributed by atoms with E-state index in [0.29, 0.717) is 5.75 Å². The van der Waals surface area contributed by atoms with Crippen LogP contribution in [-0.4, -0.2) is 36.3 Å². The number of imide groups is 1. The van der Waals surface area contributed by atoms with Crippen LogP contribution in [0.15, 0.2) is 42.5 Å². The first-order valence-corrected chi connectivity index (χ1v) is 7.55. The van der Waals surface area contributed by atoms with Gasteiger partial charge in [0, 0.05) is 6.54 Å². The summed E-state index contributed by atoms with van der Waals surface area (Å²) in [5.74, 6) is -2.04. The molecule has 7 heteroatoms. The van der Waals surface area contributed by atoms with Crippen molar-refractivity contribution < 1.29 is 23.5 Å². The smallest absolute Gasteiger partial charge is 0.265 e. The van der Waals surface area contributed by atoms with E-state index < -0.39 is 30.1 Å². The standard InChI is InChI=1S/C18H15FN2O4/c1-25-12-7-5-11(6-8-12)9-20-15(22)10-21-17(23)13-3-2-4-14(19)16(13)18(21)24/h2-8H,9-10H2,1H3,(H,20,22). The lowest BCUT2D eigenvalue weighted by Crippen LogP contribution is -2.40. The molecule has 128 valence electrons. The van der Waals surface area contributed by atoms with E-state index in [-0.39, 0.29) is 17.7 Å². The highest BCUT2D eigenvalue weighted by Crippen LogP contribution is 2.24. The molecule has 1 heterocycles. The van der Waals surface area contributed by atoms with E-state index in [2.05, 4.69) is 5.32 Å². The van der Waals surface area contributed by atoms with E-state index in [1.165, 1.54) is 12.1 Å². The number of amides is 3. The number of benzene rings is 2. The maximum Gasteiger partial charge on any atom is 0.265 e. The van der Waals surface area contributed by atoms with E-state index in [9.17, 15) is 18.8 Å². The fraction of sp³-hybridized carbons (Fsp3) is 0.167. The summed E-state index contributed by atoms with van der Waals surface area (Å²) in [7, 11) is 1.56. The molecule has 25 heavy (non-hydrogen) atoms. The van der Waals surface area contributed by atoms with Gasteiger partial charge in [-0.1, -0.05) is 18.2 Å². The molecule has 0 aromatic heterocycles. The Hall–Kier alpha value is -3.22. The van der Waals surface area contributed by atoms with Crippen molar-refractivity contribution in [2.75, 3.05) is 13.7 Å². The van der Waals surface area contributed by atoms with Crippen LogP contribution in [0.2, 0.25) is 0 Å². The van der Waals surface area contributed by atoms with Gasteiger partial charge in [-0.2, -0.15) is 0 Å². The number of hydrogen-bond acceptors (Lipinski definition) is 4. The summed E-state index contributed by atoms with van der Waals surface area (Å²) >= 11 is 0. The molecule has 6 nitrogen and oxygen atoms in total. The van der Waals surface area contributed by atoms with Gasteiger partial charge >= 0.3 is 0 Å². The highest BCUT2D eigenvalue weighted by Gasteiger charge is 2.38. The number of carbonyl (C=O) groups is 3. The lowest BCUT2D eigenvalue weighted by atomic mass is 10.1. The molecule has 3 rings (SSSR count). The third-order valence-electron chi connectivity index (χ3n) is 3.90. The monoisotopic (exact) mass is 342 g/mol. The summed E-state index contributed by atoms with van der Waals surface area (Å²) in [5, 5.41) is 2.63. The van der Waals surface area contributed by atoms with Crippen LogP contribution in [-0.2, 0) is 11.3 Å². The van der Waals surface area contributed by atoms with Crippen molar-refractivity contribution in [1.82, 2.24) is 10.2 Å². The second kappa shape index (κ2) is 6.72. The largest absolute Gasteiger partial charge is 0.497 e. The van der Waals surface area contributed by atoms with Gasteiger partial charge in [0.25, 0.3) is 11.8 Å². The Bertz CT molecular complexity index is 849. The maximum absolute atomic E-state index is 13.7. The van der Waals surface area contributed by atoms with Crippen molar-refractivity contribution in [3.63, 3.8) is 0 Å². The Morgan fingerprint density at radius 3 is 2.48 bits per heavy atom. The number of fused-ring (bicyclic) bond motifs is 1. The Morgan fingerprint density at radius 1 is 1.12 bits per heavy atom. The summed E-state index contributed by atoms with van der Waals surface area (Å²) in [5.41, 5.74) is 0.533. The van der Waals surface area contributed by atoms with E-state index in [4.69, 9.17) is 4.74 Å². The molecule has 1 aliphatic rings. The van der Waals surface area contributed by atoms with Gasteiger partial charge in [0.15, 0.2) is 0 Å². The highest BCUT2D eigenvalue weighted by atomic mass is 19.1. The number of halogens is 1. The second-order valence-electron chi connectivity index (χ2n) is 5.48. The number of nitrogens with zero attached hydrogens (tertiary/aromatic N) is 1. The first-order valence-electron chi connectivity index (χ1n) is 7.55. The summed E-state index contributed by atoms with van der Waals surface area (Å²) < 4.78 is 18.8. The highest BCUT2D eigenvalue weighted by molar-refractivity contribution is 6.22. The predicted octanol–water partition coefficient (Wildman–Crippen LogP) is 1.75. The van der Waals surface area contributed by atoms with Crippen molar-refractivity contribution in [2.24, 2.45) is 0 Å². The summed E-state index contributed by atoms with van der Waals surface area (Å²) in [4.78, 5) is 37.2. The van der Waals surface area contributed by atoms with Crippen LogP contribution in [0.25, 0.3) is 0 Å².